The molecule has 1 heterocycles. The first-order valence-electron chi connectivity index (χ1n) is 14.1. The average molecular weight is 483 g/mol. The van der Waals surface area contributed by atoms with Gasteiger partial charge in [0.05, 0.1) is 11.2 Å². The fourth-order valence-corrected chi connectivity index (χ4v) is 5.86. The van der Waals surface area contributed by atoms with Crippen molar-refractivity contribution in [1.82, 2.24) is 0 Å². The molecule has 1 aliphatic rings. The Bertz CT molecular complexity index is 1280. The Labute approximate surface area is 218 Å². The van der Waals surface area contributed by atoms with Gasteiger partial charge >= 0.3 is 7.12 Å². The number of hydrogen-bond donors (Lipinski definition) is 0. The van der Waals surface area contributed by atoms with Crippen LogP contribution in [0.15, 0.2) is 48.5 Å². The van der Waals surface area contributed by atoms with Crippen LogP contribution in [0.4, 0.5) is 0 Å². The Morgan fingerprint density at radius 2 is 1.11 bits per heavy atom. The predicted molar refractivity (Wildman–Crippen MR) is 157 cm³/mol. The second kappa shape index (κ2) is 9.33. The second-order valence-corrected chi connectivity index (χ2v) is 12.8. The van der Waals surface area contributed by atoms with Crippen molar-refractivity contribution in [2.24, 2.45) is 0 Å². The molecule has 0 aliphatic carbocycles. The smallest absolute Gasteiger partial charge is 0.399 e. The molecule has 36 heavy (non-hydrogen) atoms. The van der Waals surface area contributed by atoms with Crippen LogP contribution < -0.4 is 5.46 Å². The Balaban J connectivity index is 1.46. The van der Waals surface area contributed by atoms with E-state index in [1.54, 1.807) is 0 Å². The molecule has 1 saturated heterocycles. The van der Waals surface area contributed by atoms with Crippen molar-refractivity contribution in [2.45, 2.75) is 110 Å². The highest BCUT2D eigenvalue weighted by molar-refractivity contribution is 6.62. The first-order chi connectivity index (χ1) is 17.0. The molecule has 0 radical (unpaired) electrons. The lowest BCUT2D eigenvalue weighted by Crippen LogP contribution is -2.41. The van der Waals surface area contributed by atoms with Gasteiger partial charge in [-0.05, 0) is 82.9 Å². The maximum Gasteiger partial charge on any atom is 0.494 e. The lowest BCUT2D eigenvalue weighted by molar-refractivity contribution is 0.00578. The lowest BCUT2D eigenvalue weighted by Gasteiger charge is -2.32. The highest BCUT2D eigenvalue weighted by Gasteiger charge is 2.51. The second-order valence-electron chi connectivity index (χ2n) is 12.8. The van der Waals surface area contributed by atoms with Crippen molar-refractivity contribution in [2.75, 3.05) is 0 Å². The first kappa shape index (κ1) is 25.6. The standard InChI is InChI=1S/C33H43BO2/c1-8-9-10-11-12-13-18-31(2,3)27-19-23-14-16-25-21-28(34-35-32(4,5)33(6,7)36-34)22-26-17-15-24(20-27)29(23)30(25)26/h14-17,19-22H,8-13,18H2,1-7H3. The van der Waals surface area contributed by atoms with Gasteiger partial charge in [-0.2, -0.15) is 0 Å². The van der Waals surface area contributed by atoms with Crippen molar-refractivity contribution >= 4 is 44.9 Å². The van der Waals surface area contributed by atoms with Crippen molar-refractivity contribution in [3.8, 4) is 0 Å². The molecule has 0 amide bonds. The van der Waals surface area contributed by atoms with E-state index in [4.69, 9.17) is 9.31 Å². The molecule has 0 aromatic heterocycles. The summed E-state index contributed by atoms with van der Waals surface area (Å²) in [5, 5.41) is 7.94. The van der Waals surface area contributed by atoms with Gasteiger partial charge in [0.1, 0.15) is 0 Å². The van der Waals surface area contributed by atoms with Crippen LogP contribution in [0.2, 0.25) is 0 Å². The fourth-order valence-electron chi connectivity index (χ4n) is 5.86. The third-order valence-electron chi connectivity index (χ3n) is 9.02. The highest BCUT2D eigenvalue weighted by Crippen LogP contribution is 2.40. The summed E-state index contributed by atoms with van der Waals surface area (Å²) < 4.78 is 12.7. The van der Waals surface area contributed by atoms with E-state index in [1.807, 2.05) is 0 Å². The number of unbranched alkanes of at least 4 members (excludes halogenated alkanes) is 5. The van der Waals surface area contributed by atoms with Crippen molar-refractivity contribution in [1.29, 1.82) is 0 Å². The van der Waals surface area contributed by atoms with E-state index in [0.29, 0.717) is 0 Å². The zero-order valence-electron chi connectivity index (χ0n) is 23.5. The van der Waals surface area contributed by atoms with E-state index in [0.717, 1.165) is 5.46 Å². The molecule has 4 aromatic rings. The van der Waals surface area contributed by atoms with E-state index in [-0.39, 0.29) is 23.7 Å². The largest absolute Gasteiger partial charge is 0.494 e. The molecular formula is C33H43BO2. The molecule has 2 nitrogen and oxygen atoms in total. The Hall–Kier alpha value is -2.10. The first-order valence-corrected chi connectivity index (χ1v) is 14.1. The summed E-state index contributed by atoms with van der Waals surface area (Å²) in [7, 11) is -0.341. The summed E-state index contributed by atoms with van der Waals surface area (Å²) in [4.78, 5) is 0. The molecule has 0 bridgehead atoms. The zero-order chi connectivity index (χ0) is 25.7. The molecular weight excluding hydrogens is 439 g/mol. The highest BCUT2D eigenvalue weighted by atomic mass is 16.7. The van der Waals surface area contributed by atoms with Crippen LogP contribution in [0.25, 0.3) is 32.3 Å². The van der Waals surface area contributed by atoms with Gasteiger partial charge in [0, 0.05) is 0 Å². The molecule has 4 aromatic carbocycles. The van der Waals surface area contributed by atoms with E-state index in [1.165, 1.54) is 82.8 Å². The summed E-state index contributed by atoms with van der Waals surface area (Å²) in [6, 6.07) is 18.6. The van der Waals surface area contributed by atoms with Gasteiger partial charge in [0.25, 0.3) is 0 Å². The molecule has 0 unspecified atom stereocenters. The third kappa shape index (κ3) is 4.54. The normalized spacial score (nSPS) is 17.7. The summed E-state index contributed by atoms with van der Waals surface area (Å²) >= 11 is 0. The molecule has 0 saturated carbocycles. The van der Waals surface area contributed by atoms with Crippen molar-refractivity contribution in [3.63, 3.8) is 0 Å². The van der Waals surface area contributed by atoms with Crippen molar-refractivity contribution in [3.05, 3.63) is 54.1 Å². The van der Waals surface area contributed by atoms with Gasteiger partial charge in [-0.15, -0.1) is 0 Å². The minimum Gasteiger partial charge on any atom is -0.399 e. The van der Waals surface area contributed by atoms with Crippen LogP contribution in [0, 0.1) is 0 Å². The minimum atomic E-state index is -0.341. The third-order valence-corrected chi connectivity index (χ3v) is 9.02. The summed E-state index contributed by atoms with van der Waals surface area (Å²) in [6.45, 7) is 15.6. The fraction of sp³-hybridized carbons (Fsp3) is 0.515. The van der Waals surface area contributed by atoms with Crippen LogP contribution in [0.3, 0.4) is 0 Å². The van der Waals surface area contributed by atoms with Crippen LogP contribution in [-0.2, 0) is 14.7 Å². The van der Waals surface area contributed by atoms with E-state index in [9.17, 15) is 0 Å². The topological polar surface area (TPSA) is 18.5 Å². The van der Waals surface area contributed by atoms with Crippen LogP contribution >= 0.6 is 0 Å². The molecule has 3 heteroatoms. The molecule has 5 rings (SSSR count). The Morgan fingerprint density at radius 3 is 1.61 bits per heavy atom. The van der Waals surface area contributed by atoms with Crippen LogP contribution in [0.5, 0.6) is 0 Å². The summed E-state index contributed by atoms with van der Waals surface area (Å²) in [5.41, 5.74) is 2.06. The number of benzene rings is 4. The maximum absolute atomic E-state index is 6.37. The number of hydrogen-bond acceptors (Lipinski definition) is 2. The van der Waals surface area contributed by atoms with Crippen LogP contribution in [-0.4, -0.2) is 18.3 Å². The molecule has 0 spiro atoms. The predicted octanol–water partition coefficient (Wildman–Crippen LogP) is 8.91. The minimum absolute atomic E-state index is 0.180. The zero-order valence-corrected chi connectivity index (χ0v) is 23.5. The van der Waals surface area contributed by atoms with Gasteiger partial charge in [-0.3, -0.25) is 0 Å². The van der Waals surface area contributed by atoms with Crippen LogP contribution in [0.1, 0.15) is 99.0 Å². The Morgan fingerprint density at radius 1 is 0.667 bits per heavy atom. The molecule has 190 valence electrons. The summed E-state index contributed by atoms with van der Waals surface area (Å²) in [5.74, 6) is 0. The monoisotopic (exact) mass is 482 g/mol. The lowest BCUT2D eigenvalue weighted by atomic mass is 9.75. The van der Waals surface area contributed by atoms with E-state index < -0.39 is 0 Å². The quantitative estimate of drug-likeness (QED) is 0.135. The van der Waals surface area contributed by atoms with Gasteiger partial charge in [-0.25, -0.2) is 0 Å². The van der Waals surface area contributed by atoms with Gasteiger partial charge in [0.15, 0.2) is 0 Å². The van der Waals surface area contributed by atoms with Gasteiger partial charge < -0.3 is 9.31 Å². The van der Waals surface area contributed by atoms with E-state index >= 15 is 0 Å². The maximum atomic E-state index is 6.37. The molecule has 1 fully saturated rings. The molecule has 0 atom stereocenters. The summed E-state index contributed by atoms with van der Waals surface area (Å²) in [6.07, 6.45) is 9.34. The molecule has 0 N–H and O–H groups in total. The SMILES string of the molecule is CCCCCCCCC(C)(C)c1cc2ccc3cc(B4OC(C)(C)C(C)(C)O4)cc4ccc(c1)c2c34. The molecule has 1 aliphatic heterocycles. The van der Waals surface area contributed by atoms with Gasteiger partial charge in [-0.1, -0.05) is 108 Å². The van der Waals surface area contributed by atoms with E-state index in [2.05, 4.69) is 97.0 Å². The average Bonchev–Trinajstić information content (AvgIpc) is 3.06. The van der Waals surface area contributed by atoms with Crippen molar-refractivity contribution < 1.29 is 9.31 Å². The van der Waals surface area contributed by atoms with Gasteiger partial charge in [0.2, 0.25) is 0 Å². The number of rotatable bonds is 9. The Kier molecular flexibility index (Phi) is 6.62.